The zero-order valence-corrected chi connectivity index (χ0v) is 37.3. The molecular weight excluding hydrogens is 822 g/mol. The van der Waals surface area contributed by atoms with E-state index in [1.165, 1.54) is 25.7 Å². The first kappa shape index (κ1) is 41.7. The van der Waals surface area contributed by atoms with Crippen molar-refractivity contribution in [3.8, 4) is 17.0 Å². The summed E-state index contributed by atoms with van der Waals surface area (Å²) in [5.74, 6) is 0.788. The van der Waals surface area contributed by atoms with Crippen molar-refractivity contribution in [2.75, 3.05) is 77.7 Å². The molecule has 2 atom stereocenters. The van der Waals surface area contributed by atoms with E-state index in [4.69, 9.17) is 10.7 Å². The van der Waals surface area contributed by atoms with Crippen molar-refractivity contribution in [2.45, 2.75) is 95.7 Å². The maximum atomic E-state index is 15.7. The number of piperazine rings is 1. The predicted octanol–water partition coefficient (Wildman–Crippen LogP) is 7.65. The van der Waals surface area contributed by atoms with Gasteiger partial charge in [0, 0.05) is 86.6 Å². The fraction of sp³-hybridized carbons (Fsp3) is 0.500. The van der Waals surface area contributed by atoms with Crippen LogP contribution in [-0.4, -0.2) is 106 Å². The van der Waals surface area contributed by atoms with Gasteiger partial charge in [-0.25, -0.2) is 14.2 Å². The van der Waals surface area contributed by atoms with Crippen LogP contribution in [0.15, 0.2) is 67.0 Å². The number of benzene rings is 2. The lowest BCUT2D eigenvalue weighted by Crippen LogP contribution is -2.54. The van der Waals surface area contributed by atoms with Gasteiger partial charge in [-0.1, -0.05) is 12.1 Å². The number of hydrogen-bond acceptors (Lipinski definition) is 11. The lowest BCUT2D eigenvalue weighted by atomic mass is 9.67. The number of aryl methyl sites for hydroxylation is 1. The molecule has 5 aliphatic heterocycles. The number of nitrogens with one attached hydrogen (secondary N) is 1. The van der Waals surface area contributed by atoms with Gasteiger partial charge in [-0.15, -0.1) is 10.2 Å². The number of carbonyl (C=O) groups excluding carboxylic acids is 2. The number of hydrogen-bond donors (Lipinski definition) is 3. The Labute approximate surface area is 379 Å². The van der Waals surface area contributed by atoms with Gasteiger partial charge in [-0.05, 0) is 144 Å². The zero-order chi connectivity index (χ0) is 44.4. The van der Waals surface area contributed by atoms with E-state index in [1.807, 2.05) is 30.3 Å². The van der Waals surface area contributed by atoms with Crippen LogP contribution in [-0.2, 0) is 4.79 Å². The standard InChI is InChI=1S/C50H60FN11O3/c1-32-28-61(48-40(32)24-38(27-53-48)60-21-14-46(64)54-49(60)65)34-10-15-50(16-11-34)17-22-57(23-18-50)29-33-12-19-58(20-13-33)43-25-35(8-9-41(43)51)62-36-6-7-37(62)31-59(30-36)44-26-42(55-56-47(44)52)39-4-2-3-5-45(39)63/h2-5,8-9,24-28,33-34,36-37,63H,6-7,10-23,29-31H2,1H3,(H2,52,56)(H,54,64,65). The summed E-state index contributed by atoms with van der Waals surface area (Å²) >= 11 is 0. The number of fused-ring (bicyclic) bond motifs is 3. The van der Waals surface area contributed by atoms with Crippen LogP contribution in [0, 0.1) is 24.1 Å². The number of urea groups is 1. The Balaban J connectivity index is 0.668. The Morgan fingerprint density at radius 2 is 1.57 bits per heavy atom. The molecule has 1 aliphatic carbocycles. The summed E-state index contributed by atoms with van der Waals surface area (Å²) in [7, 11) is 0. The highest BCUT2D eigenvalue weighted by molar-refractivity contribution is 6.06. The van der Waals surface area contributed by atoms with Crippen LogP contribution in [0.2, 0.25) is 0 Å². The van der Waals surface area contributed by atoms with Gasteiger partial charge in [0.2, 0.25) is 5.91 Å². The third-order valence-electron chi connectivity index (χ3n) is 16.0. The summed E-state index contributed by atoms with van der Waals surface area (Å²) in [4.78, 5) is 40.5. The number of pyridine rings is 1. The first-order valence-corrected chi connectivity index (χ1v) is 23.9. The number of imide groups is 1. The minimum atomic E-state index is -0.382. The number of likely N-dealkylation sites (tertiary alicyclic amines) is 1. The fourth-order valence-electron chi connectivity index (χ4n) is 12.3. The van der Waals surface area contributed by atoms with Gasteiger partial charge in [-0.2, -0.15) is 0 Å². The molecular formula is C50H60FN11O3. The van der Waals surface area contributed by atoms with Crippen LogP contribution in [0.25, 0.3) is 22.3 Å². The molecule has 14 nitrogen and oxygen atoms in total. The molecule has 8 heterocycles. The number of aromatic hydroxyl groups is 1. The van der Waals surface area contributed by atoms with Crippen molar-refractivity contribution in [2.24, 2.45) is 11.3 Å². The normalized spacial score (nSPS) is 23.2. The number of piperidine rings is 2. The molecule has 11 rings (SSSR count). The third-order valence-corrected chi connectivity index (χ3v) is 16.0. The molecule has 1 spiro atoms. The summed E-state index contributed by atoms with van der Waals surface area (Å²) in [6, 6.07) is 17.4. The maximum absolute atomic E-state index is 15.7. The molecule has 6 fully saturated rings. The number of amides is 3. The van der Waals surface area contributed by atoms with Gasteiger partial charge in [0.25, 0.3) is 0 Å². The Kier molecular flexibility index (Phi) is 10.8. The molecule has 65 heavy (non-hydrogen) atoms. The van der Waals surface area contributed by atoms with Gasteiger partial charge >= 0.3 is 6.03 Å². The maximum Gasteiger partial charge on any atom is 0.328 e. The van der Waals surface area contributed by atoms with Crippen LogP contribution < -0.4 is 30.7 Å². The number of anilines is 5. The summed E-state index contributed by atoms with van der Waals surface area (Å²) in [5.41, 5.74) is 13.6. The number of phenols is 1. The van der Waals surface area contributed by atoms with Gasteiger partial charge < -0.3 is 35.0 Å². The molecule has 340 valence electrons. The van der Waals surface area contributed by atoms with E-state index in [2.05, 4.69) is 58.9 Å². The average molecular weight is 882 g/mol. The van der Waals surface area contributed by atoms with Crippen molar-refractivity contribution in [3.63, 3.8) is 0 Å². The van der Waals surface area contributed by atoms with Crippen molar-refractivity contribution >= 4 is 51.5 Å². The van der Waals surface area contributed by atoms with E-state index in [9.17, 15) is 14.7 Å². The van der Waals surface area contributed by atoms with Crippen LogP contribution in [0.3, 0.4) is 0 Å². The molecule has 4 N–H and O–H groups in total. The smallest absolute Gasteiger partial charge is 0.328 e. The molecule has 6 aliphatic rings. The summed E-state index contributed by atoms with van der Waals surface area (Å²) in [5, 5.41) is 22.5. The SMILES string of the molecule is Cc1cn(C2CCC3(CC2)CCN(CC2CCN(c4cc(N5C6CCC5CN(c5cc(-c7ccccc7O)nnc5N)C6)ccc4F)CC2)CC3)c2ncc(N3CCC(=O)NC3=O)cc12. The summed E-state index contributed by atoms with van der Waals surface area (Å²) in [6.07, 6.45) is 15.9. The van der Waals surface area contributed by atoms with E-state index >= 15 is 4.39 Å². The van der Waals surface area contributed by atoms with Gasteiger partial charge in [0.15, 0.2) is 5.82 Å². The molecule has 2 aromatic carbocycles. The fourth-order valence-corrected chi connectivity index (χ4v) is 12.3. The van der Waals surface area contributed by atoms with E-state index < -0.39 is 0 Å². The highest BCUT2D eigenvalue weighted by Gasteiger charge is 2.42. The molecule has 3 amide bonds. The van der Waals surface area contributed by atoms with Crippen molar-refractivity contribution < 1.29 is 19.1 Å². The highest BCUT2D eigenvalue weighted by Crippen LogP contribution is 2.49. The third kappa shape index (κ3) is 7.89. The predicted molar refractivity (Wildman–Crippen MR) is 252 cm³/mol. The minimum absolute atomic E-state index is 0.143. The van der Waals surface area contributed by atoms with E-state index in [0.29, 0.717) is 47.4 Å². The highest BCUT2D eigenvalue weighted by atomic mass is 19.1. The number of phenolic OH excluding ortho intramolecular Hbond substituents is 1. The topological polar surface area (TPSA) is 152 Å². The number of rotatable bonds is 8. The number of nitrogens with zero attached hydrogens (tertiary/aromatic N) is 9. The Morgan fingerprint density at radius 1 is 0.815 bits per heavy atom. The van der Waals surface area contributed by atoms with Gasteiger partial charge in [0.05, 0.1) is 29.0 Å². The molecule has 15 heteroatoms. The molecule has 2 unspecified atom stereocenters. The zero-order valence-electron chi connectivity index (χ0n) is 37.3. The monoisotopic (exact) mass is 881 g/mol. The number of nitrogens with two attached hydrogens (primary N) is 1. The molecule has 0 radical (unpaired) electrons. The van der Waals surface area contributed by atoms with Crippen molar-refractivity contribution in [1.29, 1.82) is 0 Å². The van der Waals surface area contributed by atoms with Crippen LogP contribution >= 0.6 is 0 Å². The Bertz CT molecular complexity index is 2600. The first-order valence-electron chi connectivity index (χ1n) is 23.9. The number of para-hydroxylation sites is 1. The lowest BCUT2D eigenvalue weighted by Gasteiger charge is -2.47. The van der Waals surface area contributed by atoms with E-state index in [0.717, 1.165) is 124 Å². The summed E-state index contributed by atoms with van der Waals surface area (Å²) < 4.78 is 18.0. The van der Waals surface area contributed by atoms with Gasteiger partial charge in [0.1, 0.15) is 17.2 Å². The van der Waals surface area contributed by atoms with E-state index in [1.54, 1.807) is 29.3 Å². The van der Waals surface area contributed by atoms with E-state index in [-0.39, 0.29) is 35.6 Å². The Morgan fingerprint density at radius 3 is 2.31 bits per heavy atom. The van der Waals surface area contributed by atoms with Crippen molar-refractivity contribution in [1.82, 2.24) is 30.0 Å². The number of carbonyl (C=O) groups is 2. The van der Waals surface area contributed by atoms with Crippen LogP contribution in [0.4, 0.5) is 37.8 Å². The van der Waals surface area contributed by atoms with Crippen LogP contribution in [0.5, 0.6) is 5.75 Å². The molecule has 2 bridgehead atoms. The lowest BCUT2D eigenvalue weighted by molar-refractivity contribution is -0.120. The molecule has 1 saturated carbocycles. The molecule has 3 aromatic heterocycles. The summed E-state index contributed by atoms with van der Waals surface area (Å²) in [6.45, 7) is 9.24. The number of nitrogen functional groups attached to an aromatic ring is 1. The van der Waals surface area contributed by atoms with Crippen molar-refractivity contribution in [3.05, 3.63) is 78.4 Å². The molecule has 5 saturated heterocycles. The minimum Gasteiger partial charge on any atom is -0.507 e. The average Bonchev–Trinajstić information content (AvgIpc) is 3.78. The second-order valence-electron chi connectivity index (χ2n) is 19.9. The number of aromatic nitrogens is 4. The Hall–Kier alpha value is -5.96. The molecule has 5 aromatic rings. The quantitative estimate of drug-likeness (QED) is 0.141. The van der Waals surface area contributed by atoms with Gasteiger partial charge in [-0.3, -0.25) is 15.0 Å². The number of halogens is 1. The second kappa shape index (κ2) is 16.8. The van der Waals surface area contributed by atoms with Crippen LogP contribution in [0.1, 0.15) is 82.2 Å². The first-order chi connectivity index (χ1) is 31.6. The second-order valence-corrected chi connectivity index (χ2v) is 19.9. The largest absolute Gasteiger partial charge is 0.507 e.